The molecular weight excluding hydrogens is 214 g/mol. The van der Waals surface area contributed by atoms with E-state index in [1.54, 1.807) is 0 Å². The molecular formula is C8H13N5O3. The highest BCUT2D eigenvalue weighted by molar-refractivity contribution is 5.60. The van der Waals surface area contributed by atoms with Gasteiger partial charge < -0.3 is 15.8 Å². The van der Waals surface area contributed by atoms with Crippen molar-refractivity contribution in [2.75, 3.05) is 25.5 Å². The normalized spacial score (nSPS) is 9.88. The number of nitrogens with two attached hydrogens (primary N) is 1. The number of methoxy groups -OCH3 is 1. The molecule has 0 unspecified atom stereocenters. The number of nitrogens with one attached hydrogen (secondary N) is 1. The molecule has 0 saturated carbocycles. The zero-order valence-corrected chi connectivity index (χ0v) is 8.84. The first-order valence-electron chi connectivity index (χ1n) is 4.68. The Hall–Kier alpha value is -1.96. The van der Waals surface area contributed by atoms with E-state index in [0.29, 0.717) is 19.5 Å². The Morgan fingerprint density at radius 2 is 2.38 bits per heavy atom. The van der Waals surface area contributed by atoms with Crippen LogP contribution in [0.4, 0.5) is 11.5 Å². The Labute approximate surface area is 92.0 Å². The molecule has 1 heterocycles. The Balaban J connectivity index is 2.93. The van der Waals surface area contributed by atoms with Crippen LogP contribution in [0.1, 0.15) is 6.42 Å². The zero-order chi connectivity index (χ0) is 12.0. The first-order valence-corrected chi connectivity index (χ1v) is 4.68. The molecule has 1 aromatic rings. The molecule has 0 bridgehead atoms. The summed E-state index contributed by atoms with van der Waals surface area (Å²) in [5, 5.41) is 13.6. The van der Waals surface area contributed by atoms with E-state index in [-0.39, 0.29) is 17.4 Å². The maximum atomic E-state index is 10.8. The van der Waals surface area contributed by atoms with Gasteiger partial charge in [0.2, 0.25) is 5.82 Å². The van der Waals surface area contributed by atoms with Crippen LogP contribution < -0.4 is 15.8 Å². The summed E-state index contributed by atoms with van der Waals surface area (Å²) < 4.78 is 4.80. The third kappa shape index (κ3) is 2.76. The van der Waals surface area contributed by atoms with Gasteiger partial charge in [-0.25, -0.2) is 4.98 Å². The third-order valence-corrected chi connectivity index (χ3v) is 1.84. The second kappa shape index (κ2) is 5.81. The summed E-state index contributed by atoms with van der Waals surface area (Å²) in [5.41, 5.74) is 5.05. The van der Waals surface area contributed by atoms with Gasteiger partial charge >= 0.3 is 5.69 Å². The van der Waals surface area contributed by atoms with Crippen molar-refractivity contribution in [2.45, 2.75) is 6.42 Å². The highest BCUT2D eigenvalue weighted by Crippen LogP contribution is 2.29. The van der Waals surface area contributed by atoms with Gasteiger partial charge in [0.25, 0.3) is 5.88 Å². The van der Waals surface area contributed by atoms with E-state index >= 15 is 0 Å². The minimum atomic E-state index is -0.580. The van der Waals surface area contributed by atoms with Gasteiger partial charge in [-0.3, -0.25) is 10.1 Å². The monoisotopic (exact) mass is 227 g/mol. The van der Waals surface area contributed by atoms with Gasteiger partial charge in [0, 0.05) is 6.54 Å². The smallest absolute Gasteiger partial charge is 0.372 e. The van der Waals surface area contributed by atoms with Crippen LogP contribution in [-0.4, -0.2) is 35.1 Å². The summed E-state index contributed by atoms with van der Waals surface area (Å²) in [5.74, 6) is 0.0838. The standard InChI is InChI=1S/C8H13N5O3/c1-16-8-6(13(14)15)7(11-5-12-8)10-4-2-3-9/h5H,2-4,9H2,1H3,(H,10,11,12). The van der Waals surface area contributed by atoms with Crippen LogP contribution >= 0.6 is 0 Å². The van der Waals surface area contributed by atoms with Crippen LogP contribution in [0.15, 0.2) is 6.33 Å². The van der Waals surface area contributed by atoms with Crippen LogP contribution in [0.2, 0.25) is 0 Å². The van der Waals surface area contributed by atoms with Gasteiger partial charge in [-0.2, -0.15) is 4.98 Å². The first kappa shape index (κ1) is 12.1. The third-order valence-electron chi connectivity index (χ3n) is 1.84. The molecule has 0 fully saturated rings. The Morgan fingerprint density at radius 1 is 1.62 bits per heavy atom. The lowest BCUT2D eigenvalue weighted by molar-refractivity contribution is -0.385. The van der Waals surface area contributed by atoms with E-state index in [1.165, 1.54) is 13.4 Å². The van der Waals surface area contributed by atoms with Gasteiger partial charge in [0.05, 0.1) is 12.0 Å². The second-order valence-electron chi connectivity index (χ2n) is 2.91. The van der Waals surface area contributed by atoms with E-state index in [2.05, 4.69) is 15.3 Å². The van der Waals surface area contributed by atoms with E-state index in [4.69, 9.17) is 10.5 Å². The molecule has 0 radical (unpaired) electrons. The van der Waals surface area contributed by atoms with Crippen molar-refractivity contribution < 1.29 is 9.66 Å². The summed E-state index contributed by atoms with van der Waals surface area (Å²) in [4.78, 5) is 17.7. The van der Waals surface area contributed by atoms with Crippen molar-refractivity contribution in [3.05, 3.63) is 16.4 Å². The second-order valence-corrected chi connectivity index (χ2v) is 2.91. The fourth-order valence-corrected chi connectivity index (χ4v) is 1.11. The summed E-state index contributed by atoms with van der Waals surface area (Å²) in [7, 11) is 1.32. The fraction of sp³-hybridized carbons (Fsp3) is 0.500. The van der Waals surface area contributed by atoms with Crippen molar-refractivity contribution in [2.24, 2.45) is 5.73 Å². The zero-order valence-electron chi connectivity index (χ0n) is 8.84. The van der Waals surface area contributed by atoms with Crippen LogP contribution in [0.25, 0.3) is 0 Å². The number of nitro groups is 1. The predicted molar refractivity (Wildman–Crippen MR) is 57.4 cm³/mol. The van der Waals surface area contributed by atoms with Crippen LogP contribution in [0.3, 0.4) is 0 Å². The van der Waals surface area contributed by atoms with Gasteiger partial charge in [-0.15, -0.1) is 0 Å². The first-order chi connectivity index (χ1) is 7.70. The Kier molecular flexibility index (Phi) is 4.40. The van der Waals surface area contributed by atoms with Gasteiger partial charge in [0.15, 0.2) is 0 Å². The number of hydrogen-bond acceptors (Lipinski definition) is 7. The lowest BCUT2D eigenvalue weighted by Crippen LogP contribution is -2.11. The minimum absolute atomic E-state index is 0.0600. The summed E-state index contributed by atoms with van der Waals surface area (Å²) >= 11 is 0. The van der Waals surface area contributed by atoms with E-state index < -0.39 is 4.92 Å². The Bertz CT molecular complexity index is 371. The number of hydrogen-bond donors (Lipinski definition) is 2. The number of rotatable bonds is 6. The largest absolute Gasteiger partial charge is 0.476 e. The Morgan fingerprint density at radius 3 is 2.94 bits per heavy atom. The molecule has 0 saturated heterocycles. The number of ether oxygens (including phenoxy) is 1. The molecule has 0 aromatic carbocycles. The molecule has 16 heavy (non-hydrogen) atoms. The van der Waals surface area contributed by atoms with Crippen LogP contribution in [0.5, 0.6) is 5.88 Å². The molecule has 1 rings (SSSR count). The van der Waals surface area contributed by atoms with E-state index in [9.17, 15) is 10.1 Å². The topological polar surface area (TPSA) is 116 Å². The highest BCUT2D eigenvalue weighted by atomic mass is 16.6. The van der Waals surface area contributed by atoms with Crippen molar-refractivity contribution >= 4 is 11.5 Å². The SMILES string of the molecule is COc1ncnc(NCCCN)c1[N+](=O)[O-]. The minimum Gasteiger partial charge on any atom is -0.476 e. The molecule has 0 atom stereocenters. The van der Waals surface area contributed by atoms with E-state index in [1.807, 2.05) is 0 Å². The fourth-order valence-electron chi connectivity index (χ4n) is 1.11. The van der Waals surface area contributed by atoms with Gasteiger partial charge in [0.1, 0.15) is 6.33 Å². The molecule has 1 aromatic heterocycles. The molecule has 3 N–H and O–H groups in total. The van der Waals surface area contributed by atoms with Crippen LogP contribution in [-0.2, 0) is 0 Å². The van der Waals surface area contributed by atoms with Crippen molar-refractivity contribution in [3.8, 4) is 5.88 Å². The molecule has 0 aliphatic heterocycles. The van der Waals surface area contributed by atoms with Crippen LogP contribution in [0, 0.1) is 10.1 Å². The molecule has 0 aliphatic rings. The quantitative estimate of drug-likeness (QED) is 0.403. The van der Waals surface area contributed by atoms with Gasteiger partial charge in [-0.05, 0) is 13.0 Å². The van der Waals surface area contributed by atoms with Crippen molar-refractivity contribution in [1.82, 2.24) is 9.97 Å². The van der Waals surface area contributed by atoms with Crippen molar-refractivity contribution in [1.29, 1.82) is 0 Å². The number of anilines is 1. The lowest BCUT2D eigenvalue weighted by Gasteiger charge is -2.06. The molecule has 0 amide bonds. The van der Waals surface area contributed by atoms with Gasteiger partial charge in [-0.1, -0.05) is 0 Å². The maximum Gasteiger partial charge on any atom is 0.372 e. The lowest BCUT2D eigenvalue weighted by atomic mass is 10.4. The molecule has 8 heteroatoms. The number of aromatic nitrogens is 2. The van der Waals surface area contributed by atoms with E-state index in [0.717, 1.165) is 0 Å². The molecule has 0 aliphatic carbocycles. The number of nitrogens with zero attached hydrogens (tertiary/aromatic N) is 3. The average molecular weight is 227 g/mol. The molecule has 8 nitrogen and oxygen atoms in total. The summed E-state index contributed by atoms with van der Waals surface area (Å²) in [6, 6.07) is 0. The summed E-state index contributed by atoms with van der Waals surface area (Å²) in [6.07, 6.45) is 1.90. The van der Waals surface area contributed by atoms with Crippen molar-refractivity contribution in [3.63, 3.8) is 0 Å². The molecule has 0 spiro atoms. The molecule has 88 valence electrons. The highest BCUT2D eigenvalue weighted by Gasteiger charge is 2.23. The predicted octanol–water partition coefficient (Wildman–Crippen LogP) is 0.154. The maximum absolute atomic E-state index is 10.8. The summed E-state index contributed by atoms with van der Waals surface area (Å²) in [6.45, 7) is 1.01. The average Bonchev–Trinajstić information content (AvgIpc) is 2.28.